The maximum absolute atomic E-state index is 11.9. The Labute approximate surface area is 107 Å². The van der Waals surface area contributed by atoms with E-state index in [2.05, 4.69) is 10.6 Å². The van der Waals surface area contributed by atoms with Crippen molar-refractivity contribution in [1.29, 1.82) is 0 Å². The summed E-state index contributed by atoms with van der Waals surface area (Å²) >= 11 is 0. The number of hydrogen-bond acceptors (Lipinski definition) is 3. The molecule has 3 N–H and O–H groups in total. The van der Waals surface area contributed by atoms with E-state index in [9.17, 15) is 9.59 Å². The van der Waals surface area contributed by atoms with E-state index in [1.165, 1.54) is 0 Å². The van der Waals surface area contributed by atoms with Crippen LogP contribution in [0.2, 0.25) is 0 Å². The van der Waals surface area contributed by atoms with Crippen molar-refractivity contribution in [2.24, 2.45) is 5.41 Å². The first-order chi connectivity index (χ1) is 8.61. The van der Waals surface area contributed by atoms with Gasteiger partial charge in [0.25, 0.3) is 0 Å². The number of aliphatic carboxylic acids is 1. The Morgan fingerprint density at radius 3 is 2.44 bits per heavy atom. The van der Waals surface area contributed by atoms with Crippen LogP contribution in [0.15, 0.2) is 0 Å². The molecule has 0 bridgehead atoms. The van der Waals surface area contributed by atoms with Gasteiger partial charge in [-0.25, -0.2) is 4.79 Å². The molecule has 2 rings (SSSR count). The normalized spacial score (nSPS) is 22.1. The van der Waals surface area contributed by atoms with Crippen LogP contribution >= 0.6 is 0 Å². The number of urea groups is 1. The maximum Gasteiger partial charge on any atom is 0.317 e. The SMILES string of the molecule is O=C(O)CC1(CNC(=O)N2CCNCC2)CCC1. The lowest BCUT2D eigenvalue weighted by Crippen LogP contribution is -2.53. The summed E-state index contributed by atoms with van der Waals surface area (Å²) in [5.74, 6) is -0.772. The highest BCUT2D eigenvalue weighted by atomic mass is 16.4. The summed E-state index contributed by atoms with van der Waals surface area (Å²) in [5.41, 5.74) is -0.199. The Morgan fingerprint density at radius 1 is 1.28 bits per heavy atom. The van der Waals surface area contributed by atoms with Crippen LogP contribution in [-0.4, -0.2) is 54.7 Å². The number of hydrogen-bond donors (Lipinski definition) is 3. The van der Waals surface area contributed by atoms with Crippen LogP contribution in [0, 0.1) is 5.41 Å². The zero-order chi connectivity index (χ0) is 13.0. The molecule has 2 aliphatic rings. The van der Waals surface area contributed by atoms with Gasteiger partial charge in [-0.05, 0) is 18.3 Å². The average molecular weight is 255 g/mol. The molecule has 18 heavy (non-hydrogen) atoms. The number of carboxylic acid groups (broad SMARTS) is 1. The first kappa shape index (κ1) is 13.1. The Kier molecular flexibility index (Phi) is 4.06. The summed E-state index contributed by atoms with van der Waals surface area (Å²) in [4.78, 5) is 24.5. The molecule has 1 aliphatic heterocycles. The fourth-order valence-electron chi connectivity index (χ4n) is 2.66. The van der Waals surface area contributed by atoms with Crippen LogP contribution in [0.1, 0.15) is 25.7 Å². The lowest BCUT2D eigenvalue weighted by Gasteiger charge is -2.41. The van der Waals surface area contributed by atoms with Gasteiger partial charge in [0.15, 0.2) is 0 Å². The summed E-state index contributed by atoms with van der Waals surface area (Å²) in [6, 6.07) is -0.0619. The van der Waals surface area contributed by atoms with Crippen molar-refractivity contribution >= 4 is 12.0 Å². The highest BCUT2D eigenvalue weighted by Crippen LogP contribution is 2.43. The molecule has 0 aromatic carbocycles. The number of piperazine rings is 1. The number of nitrogens with zero attached hydrogens (tertiary/aromatic N) is 1. The molecular weight excluding hydrogens is 234 g/mol. The van der Waals surface area contributed by atoms with Crippen molar-refractivity contribution in [3.63, 3.8) is 0 Å². The molecule has 1 aliphatic carbocycles. The molecule has 0 spiro atoms. The van der Waals surface area contributed by atoms with Crippen molar-refractivity contribution in [3.8, 4) is 0 Å². The molecule has 6 heteroatoms. The van der Waals surface area contributed by atoms with Gasteiger partial charge in [-0.2, -0.15) is 0 Å². The number of nitrogens with one attached hydrogen (secondary N) is 2. The fourth-order valence-corrected chi connectivity index (χ4v) is 2.66. The van der Waals surface area contributed by atoms with Crippen LogP contribution in [0.25, 0.3) is 0 Å². The van der Waals surface area contributed by atoms with E-state index < -0.39 is 5.97 Å². The fraction of sp³-hybridized carbons (Fsp3) is 0.833. The monoisotopic (exact) mass is 255 g/mol. The van der Waals surface area contributed by atoms with Crippen molar-refractivity contribution in [2.45, 2.75) is 25.7 Å². The molecule has 0 aromatic heterocycles. The van der Waals surface area contributed by atoms with Crippen molar-refractivity contribution in [1.82, 2.24) is 15.5 Å². The van der Waals surface area contributed by atoms with Gasteiger partial charge in [0, 0.05) is 32.7 Å². The summed E-state index contributed by atoms with van der Waals surface area (Å²) in [5, 5.41) is 15.0. The number of carbonyl (C=O) groups is 2. The first-order valence-electron chi connectivity index (χ1n) is 6.57. The van der Waals surface area contributed by atoms with Crippen molar-refractivity contribution < 1.29 is 14.7 Å². The summed E-state index contributed by atoms with van der Waals surface area (Å²) in [6.07, 6.45) is 3.04. The molecule has 2 fully saturated rings. The molecule has 0 aromatic rings. The molecule has 102 valence electrons. The van der Waals surface area contributed by atoms with Gasteiger partial charge < -0.3 is 20.6 Å². The standard InChI is InChI=1S/C12H21N3O3/c16-10(17)8-12(2-1-3-12)9-14-11(18)15-6-4-13-5-7-15/h13H,1-9H2,(H,14,18)(H,16,17). The number of amides is 2. The smallest absolute Gasteiger partial charge is 0.317 e. The number of carbonyl (C=O) groups excluding carboxylic acids is 1. The quantitative estimate of drug-likeness (QED) is 0.672. The Balaban J connectivity index is 1.78. The minimum absolute atomic E-state index is 0.0619. The third-order valence-corrected chi connectivity index (χ3v) is 3.96. The van der Waals surface area contributed by atoms with Gasteiger partial charge in [-0.1, -0.05) is 6.42 Å². The van der Waals surface area contributed by atoms with E-state index >= 15 is 0 Å². The molecule has 2 amide bonds. The third-order valence-electron chi connectivity index (χ3n) is 3.96. The van der Waals surface area contributed by atoms with Gasteiger partial charge in [0.1, 0.15) is 0 Å². The maximum atomic E-state index is 11.9. The molecule has 6 nitrogen and oxygen atoms in total. The van der Waals surface area contributed by atoms with Crippen LogP contribution in [0.5, 0.6) is 0 Å². The van der Waals surface area contributed by atoms with Gasteiger partial charge in [-0.3, -0.25) is 4.79 Å². The molecule has 1 heterocycles. The average Bonchev–Trinajstić information content (AvgIpc) is 2.32. The second-order valence-corrected chi connectivity index (χ2v) is 5.32. The van der Waals surface area contributed by atoms with Crippen molar-refractivity contribution in [3.05, 3.63) is 0 Å². The molecule has 1 saturated carbocycles. The predicted molar refractivity (Wildman–Crippen MR) is 66.4 cm³/mol. The van der Waals surface area contributed by atoms with Crippen LogP contribution < -0.4 is 10.6 Å². The van der Waals surface area contributed by atoms with E-state index in [1.54, 1.807) is 4.90 Å². The zero-order valence-electron chi connectivity index (χ0n) is 10.6. The van der Waals surface area contributed by atoms with Crippen LogP contribution in [0.4, 0.5) is 4.79 Å². The topological polar surface area (TPSA) is 81.7 Å². The van der Waals surface area contributed by atoms with E-state index in [1.807, 2.05) is 0 Å². The van der Waals surface area contributed by atoms with E-state index in [0.717, 1.165) is 45.4 Å². The zero-order valence-corrected chi connectivity index (χ0v) is 10.6. The molecule has 0 radical (unpaired) electrons. The van der Waals surface area contributed by atoms with Gasteiger partial charge in [0.2, 0.25) is 0 Å². The summed E-state index contributed by atoms with van der Waals surface area (Å²) in [7, 11) is 0. The second-order valence-electron chi connectivity index (χ2n) is 5.32. The Morgan fingerprint density at radius 2 is 1.94 bits per heavy atom. The highest BCUT2D eigenvalue weighted by molar-refractivity contribution is 5.74. The van der Waals surface area contributed by atoms with Gasteiger partial charge in [-0.15, -0.1) is 0 Å². The van der Waals surface area contributed by atoms with Crippen LogP contribution in [0.3, 0.4) is 0 Å². The lowest BCUT2D eigenvalue weighted by molar-refractivity contribution is -0.141. The number of carboxylic acids is 1. The largest absolute Gasteiger partial charge is 0.481 e. The molecule has 1 saturated heterocycles. The molecule has 0 unspecified atom stereocenters. The third kappa shape index (κ3) is 3.13. The van der Waals surface area contributed by atoms with E-state index in [4.69, 9.17) is 5.11 Å². The molecule has 0 atom stereocenters. The highest BCUT2D eigenvalue weighted by Gasteiger charge is 2.39. The minimum atomic E-state index is -0.772. The van der Waals surface area contributed by atoms with E-state index in [-0.39, 0.29) is 17.9 Å². The summed E-state index contributed by atoms with van der Waals surface area (Å²) < 4.78 is 0. The number of rotatable bonds is 4. The Bertz CT molecular complexity index is 323. The summed E-state index contributed by atoms with van der Waals surface area (Å²) in [6.45, 7) is 3.58. The van der Waals surface area contributed by atoms with E-state index in [0.29, 0.717) is 6.54 Å². The second kappa shape index (κ2) is 5.56. The van der Waals surface area contributed by atoms with Crippen molar-refractivity contribution in [2.75, 3.05) is 32.7 Å². The Hall–Kier alpha value is -1.30. The van der Waals surface area contributed by atoms with Gasteiger partial charge in [0.05, 0.1) is 6.42 Å². The minimum Gasteiger partial charge on any atom is -0.481 e. The first-order valence-corrected chi connectivity index (χ1v) is 6.57. The van der Waals surface area contributed by atoms with Crippen LogP contribution in [-0.2, 0) is 4.79 Å². The predicted octanol–water partition coefficient (Wildman–Crippen LogP) is 0.246. The van der Waals surface area contributed by atoms with Gasteiger partial charge >= 0.3 is 12.0 Å². The lowest BCUT2D eigenvalue weighted by atomic mass is 9.66. The molecular formula is C12H21N3O3.